The molecule has 0 aromatic carbocycles. The molecule has 0 amide bonds. The fourth-order valence-electron chi connectivity index (χ4n) is 1.70. The van der Waals surface area contributed by atoms with Crippen LogP contribution in [0.5, 0.6) is 5.75 Å². The summed E-state index contributed by atoms with van der Waals surface area (Å²) in [7, 11) is 1.70. The van der Waals surface area contributed by atoms with Crippen molar-refractivity contribution in [3.8, 4) is 5.75 Å². The van der Waals surface area contributed by atoms with E-state index in [2.05, 4.69) is 9.88 Å². The van der Waals surface area contributed by atoms with Crippen LogP contribution in [0.3, 0.4) is 0 Å². The van der Waals surface area contributed by atoms with Gasteiger partial charge in [0.05, 0.1) is 20.3 Å². The van der Waals surface area contributed by atoms with E-state index in [9.17, 15) is 0 Å². The van der Waals surface area contributed by atoms with E-state index in [0.29, 0.717) is 0 Å². The maximum absolute atomic E-state index is 5.29. The van der Waals surface area contributed by atoms with Crippen molar-refractivity contribution in [3.63, 3.8) is 0 Å². The summed E-state index contributed by atoms with van der Waals surface area (Å²) in [6, 6.07) is 0. The molecule has 0 bridgehead atoms. The lowest BCUT2D eigenvalue weighted by Gasteiger charge is -2.26. The molecular formula is C10H16N2O2. The SMILES string of the molecule is COc1c[nH]cc1CN1CCOCC1. The van der Waals surface area contributed by atoms with Gasteiger partial charge in [-0.25, -0.2) is 0 Å². The van der Waals surface area contributed by atoms with Gasteiger partial charge in [-0.1, -0.05) is 0 Å². The Morgan fingerprint density at radius 3 is 2.93 bits per heavy atom. The van der Waals surface area contributed by atoms with E-state index in [0.717, 1.165) is 38.6 Å². The molecule has 1 aromatic heterocycles. The third-order valence-corrected chi connectivity index (χ3v) is 2.51. The molecule has 1 aliphatic rings. The standard InChI is InChI=1S/C10H16N2O2/c1-13-10-7-11-6-9(10)8-12-2-4-14-5-3-12/h6-7,11H,2-5,8H2,1H3. The van der Waals surface area contributed by atoms with Crippen molar-refractivity contribution in [2.45, 2.75) is 6.54 Å². The molecule has 0 atom stereocenters. The lowest BCUT2D eigenvalue weighted by atomic mass is 10.3. The van der Waals surface area contributed by atoms with Gasteiger partial charge in [0.15, 0.2) is 0 Å². The Labute approximate surface area is 83.8 Å². The van der Waals surface area contributed by atoms with E-state index in [4.69, 9.17) is 9.47 Å². The van der Waals surface area contributed by atoms with E-state index in [1.807, 2.05) is 12.4 Å². The lowest BCUT2D eigenvalue weighted by molar-refractivity contribution is 0.0339. The molecule has 1 N–H and O–H groups in total. The first-order chi connectivity index (χ1) is 6.90. The van der Waals surface area contributed by atoms with E-state index in [-0.39, 0.29) is 0 Å². The van der Waals surface area contributed by atoms with Crippen molar-refractivity contribution in [1.29, 1.82) is 0 Å². The van der Waals surface area contributed by atoms with Gasteiger partial charge >= 0.3 is 0 Å². The van der Waals surface area contributed by atoms with Crippen LogP contribution in [0.25, 0.3) is 0 Å². The first-order valence-corrected chi connectivity index (χ1v) is 4.90. The molecule has 2 heterocycles. The summed E-state index contributed by atoms with van der Waals surface area (Å²) in [5, 5.41) is 0. The van der Waals surface area contributed by atoms with Gasteiger partial charge in [-0.15, -0.1) is 0 Å². The van der Waals surface area contributed by atoms with Gasteiger partial charge in [0.2, 0.25) is 0 Å². The third-order valence-electron chi connectivity index (χ3n) is 2.51. The van der Waals surface area contributed by atoms with Gasteiger partial charge in [-0.3, -0.25) is 4.90 Å². The van der Waals surface area contributed by atoms with Gasteiger partial charge in [0, 0.05) is 37.6 Å². The average Bonchev–Trinajstić information content (AvgIpc) is 2.67. The maximum Gasteiger partial charge on any atom is 0.140 e. The van der Waals surface area contributed by atoms with Crippen LogP contribution in [0.4, 0.5) is 0 Å². The van der Waals surface area contributed by atoms with E-state index < -0.39 is 0 Å². The predicted octanol–water partition coefficient (Wildman–Crippen LogP) is 0.855. The minimum absolute atomic E-state index is 0.840. The topological polar surface area (TPSA) is 37.5 Å². The molecule has 0 saturated carbocycles. The normalized spacial score (nSPS) is 18.4. The fourth-order valence-corrected chi connectivity index (χ4v) is 1.70. The highest BCUT2D eigenvalue weighted by molar-refractivity contribution is 5.29. The van der Waals surface area contributed by atoms with Crippen LogP contribution in [-0.4, -0.2) is 43.3 Å². The molecule has 2 rings (SSSR count). The van der Waals surface area contributed by atoms with Gasteiger partial charge in [0.1, 0.15) is 5.75 Å². The van der Waals surface area contributed by atoms with Crippen molar-refractivity contribution in [2.75, 3.05) is 33.4 Å². The second-order valence-electron chi connectivity index (χ2n) is 3.44. The predicted molar refractivity (Wildman–Crippen MR) is 53.4 cm³/mol. The van der Waals surface area contributed by atoms with Crippen LogP contribution in [0.15, 0.2) is 12.4 Å². The lowest BCUT2D eigenvalue weighted by Crippen LogP contribution is -2.35. The van der Waals surface area contributed by atoms with E-state index in [1.165, 1.54) is 5.56 Å². The summed E-state index contributed by atoms with van der Waals surface area (Å²) >= 11 is 0. The Hall–Kier alpha value is -1.00. The summed E-state index contributed by atoms with van der Waals surface area (Å²) in [5.41, 5.74) is 1.22. The number of hydrogen-bond acceptors (Lipinski definition) is 3. The second kappa shape index (κ2) is 4.48. The van der Waals surface area contributed by atoms with Gasteiger partial charge in [-0.05, 0) is 0 Å². The van der Waals surface area contributed by atoms with Crippen LogP contribution in [0, 0.1) is 0 Å². The molecule has 78 valence electrons. The molecule has 1 saturated heterocycles. The molecule has 14 heavy (non-hydrogen) atoms. The van der Waals surface area contributed by atoms with Crippen LogP contribution in [-0.2, 0) is 11.3 Å². The number of aromatic amines is 1. The summed E-state index contributed by atoms with van der Waals surface area (Å²) < 4.78 is 10.5. The second-order valence-corrected chi connectivity index (χ2v) is 3.44. The average molecular weight is 196 g/mol. The number of hydrogen-bond donors (Lipinski definition) is 1. The van der Waals surface area contributed by atoms with Crippen LogP contribution in [0.2, 0.25) is 0 Å². The fraction of sp³-hybridized carbons (Fsp3) is 0.600. The molecule has 4 nitrogen and oxygen atoms in total. The molecule has 0 radical (unpaired) electrons. The van der Waals surface area contributed by atoms with Crippen LogP contribution < -0.4 is 4.74 Å². The number of ether oxygens (including phenoxy) is 2. The Balaban J connectivity index is 1.95. The molecule has 0 spiro atoms. The summed E-state index contributed by atoms with van der Waals surface area (Å²) in [5.74, 6) is 0.941. The van der Waals surface area contributed by atoms with Crippen molar-refractivity contribution >= 4 is 0 Å². The number of aromatic nitrogens is 1. The monoisotopic (exact) mass is 196 g/mol. The first kappa shape index (κ1) is 9.55. The number of rotatable bonds is 3. The first-order valence-electron chi connectivity index (χ1n) is 4.90. The zero-order valence-corrected chi connectivity index (χ0v) is 8.45. The van der Waals surface area contributed by atoms with Crippen molar-refractivity contribution in [3.05, 3.63) is 18.0 Å². The van der Waals surface area contributed by atoms with Crippen molar-refractivity contribution in [2.24, 2.45) is 0 Å². The number of nitrogens with zero attached hydrogens (tertiary/aromatic N) is 1. The Bertz CT molecular complexity index is 279. The molecule has 1 fully saturated rings. The number of H-pyrrole nitrogens is 1. The smallest absolute Gasteiger partial charge is 0.140 e. The Morgan fingerprint density at radius 1 is 1.43 bits per heavy atom. The Morgan fingerprint density at radius 2 is 2.21 bits per heavy atom. The maximum atomic E-state index is 5.29. The number of methoxy groups -OCH3 is 1. The highest BCUT2D eigenvalue weighted by atomic mass is 16.5. The zero-order valence-electron chi connectivity index (χ0n) is 8.45. The summed E-state index contributed by atoms with van der Waals surface area (Å²) in [4.78, 5) is 5.43. The highest BCUT2D eigenvalue weighted by Crippen LogP contribution is 2.19. The van der Waals surface area contributed by atoms with Crippen LogP contribution in [0.1, 0.15) is 5.56 Å². The van der Waals surface area contributed by atoms with E-state index >= 15 is 0 Å². The van der Waals surface area contributed by atoms with E-state index in [1.54, 1.807) is 7.11 Å². The molecule has 1 aromatic rings. The zero-order chi connectivity index (χ0) is 9.80. The van der Waals surface area contributed by atoms with Crippen molar-refractivity contribution in [1.82, 2.24) is 9.88 Å². The minimum atomic E-state index is 0.840. The quantitative estimate of drug-likeness (QED) is 0.779. The largest absolute Gasteiger partial charge is 0.495 e. The number of nitrogens with one attached hydrogen (secondary N) is 1. The van der Waals surface area contributed by atoms with Gasteiger partial charge < -0.3 is 14.5 Å². The van der Waals surface area contributed by atoms with Crippen molar-refractivity contribution < 1.29 is 9.47 Å². The third kappa shape index (κ3) is 2.08. The van der Waals surface area contributed by atoms with Gasteiger partial charge in [0.25, 0.3) is 0 Å². The Kier molecular flexibility index (Phi) is 3.06. The molecule has 1 aliphatic heterocycles. The molecule has 4 heteroatoms. The number of morpholine rings is 1. The van der Waals surface area contributed by atoms with Crippen LogP contribution >= 0.6 is 0 Å². The summed E-state index contributed by atoms with van der Waals surface area (Å²) in [6.45, 7) is 4.64. The highest BCUT2D eigenvalue weighted by Gasteiger charge is 2.13. The summed E-state index contributed by atoms with van der Waals surface area (Å²) in [6.07, 6.45) is 3.88. The molecule has 0 aliphatic carbocycles. The van der Waals surface area contributed by atoms with Gasteiger partial charge in [-0.2, -0.15) is 0 Å². The molecule has 0 unspecified atom stereocenters. The molecular weight excluding hydrogens is 180 g/mol. The minimum Gasteiger partial charge on any atom is -0.495 e.